The molecular weight excluding hydrogens is 390 g/mol. The minimum absolute atomic E-state index is 0.0497. The maximum Gasteiger partial charge on any atom is 0.255 e. The van der Waals surface area contributed by atoms with Gasteiger partial charge in [0.05, 0.1) is 11.7 Å². The number of nitrogens with one attached hydrogen (secondary N) is 1. The Morgan fingerprint density at radius 2 is 2.16 bits per heavy atom. The van der Waals surface area contributed by atoms with E-state index in [2.05, 4.69) is 30.9 Å². The molecule has 1 aliphatic heterocycles. The van der Waals surface area contributed by atoms with Gasteiger partial charge in [-0.2, -0.15) is 0 Å². The lowest BCUT2D eigenvalue weighted by molar-refractivity contribution is -0.117. The van der Waals surface area contributed by atoms with E-state index in [1.165, 1.54) is 17.2 Å². The van der Waals surface area contributed by atoms with Crippen LogP contribution in [0.15, 0.2) is 45.6 Å². The van der Waals surface area contributed by atoms with Crippen LogP contribution in [0.5, 0.6) is 0 Å². The fourth-order valence-electron chi connectivity index (χ4n) is 2.69. The number of hydrogen-bond donors (Lipinski definition) is 1. The summed E-state index contributed by atoms with van der Waals surface area (Å²) in [5.74, 6) is -0.249. The van der Waals surface area contributed by atoms with Crippen LogP contribution >= 0.6 is 15.9 Å². The molecule has 1 aromatic carbocycles. The molecule has 1 aromatic heterocycles. The van der Waals surface area contributed by atoms with Crippen molar-refractivity contribution in [3.8, 4) is 0 Å². The summed E-state index contributed by atoms with van der Waals surface area (Å²) in [4.78, 5) is 26.7. The van der Waals surface area contributed by atoms with Crippen LogP contribution in [0.2, 0.25) is 0 Å². The van der Waals surface area contributed by atoms with E-state index >= 15 is 0 Å². The number of nitrogens with zero attached hydrogens (tertiary/aromatic N) is 2. The number of hydrogen-bond acceptors (Lipinski definition) is 5. The van der Waals surface area contributed by atoms with Crippen LogP contribution in [0.4, 0.5) is 5.82 Å². The Morgan fingerprint density at radius 3 is 2.84 bits per heavy atom. The first-order valence-electron chi connectivity index (χ1n) is 7.99. The fraction of sp³-hybridized carbons (Fsp3) is 0.353. The number of anilines is 1. The molecule has 0 bridgehead atoms. The summed E-state index contributed by atoms with van der Waals surface area (Å²) in [5, 5.41) is 6.25. The molecule has 1 fully saturated rings. The van der Waals surface area contributed by atoms with Crippen molar-refractivity contribution in [1.29, 1.82) is 0 Å². The lowest BCUT2D eigenvalue weighted by atomic mass is 10.1. The molecule has 2 heterocycles. The number of carbonyl (C=O) groups is 2. The Hall–Kier alpha value is -2.19. The summed E-state index contributed by atoms with van der Waals surface area (Å²) in [6, 6.07) is 8.69. The molecule has 0 aliphatic carbocycles. The number of amides is 2. The molecule has 25 heavy (non-hydrogen) atoms. The number of benzene rings is 1. The summed E-state index contributed by atoms with van der Waals surface area (Å²) in [7, 11) is 0. The van der Waals surface area contributed by atoms with Crippen molar-refractivity contribution in [1.82, 2.24) is 10.1 Å². The molecule has 0 radical (unpaired) electrons. The molecule has 2 aromatic rings. The van der Waals surface area contributed by atoms with Gasteiger partial charge in [0.15, 0.2) is 5.82 Å². The molecule has 7 nitrogen and oxygen atoms in total. The lowest BCUT2D eigenvalue weighted by Crippen LogP contribution is -2.42. The molecule has 2 amide bonds. The third-order valence-corrected chi connectivity index (χ3v) is 4.57. The summed E-state index contributed by atoms with van der Waals surface area (Å²) in [5.41, 5.74) is 0.509. The summed E-state index contributed by atoms with van der Waals surface area (Å²) >= 11 is 3.39. The molecule has 3 rings (SSSR count). The van der Waals surface area contributed by atoms with Gasteiger partial charge in [-0.1, -0.05) is 17.3 Å². The number of aromatic nitrogens is 1. The maximum atomic E-state index is 12.9. The fourth-order valence-corrected chi connectivity index (χ4v) is 3.15. The van der Waals surface area contributed by atoms with Crippen LogP contribution in [-0.4, -0.2) is 47.7 Å². The van der Waals surface area contributed by atoms with Crippen molar-refractivity contribution < 1.29 is 18.8 Å². The summed E-state index contributed by atoms with van der Waals surface area (Å²) in [6.45, 7) is 0.964. The van der Waals surface area contributed by atoms with E-state index < -0.39 is 0 Å². The van der Waals surface area contributed by atoms with Gasteiger partial charge in [0, 0.05) is 23.7 Å². The molecule has 1 unspecified atom stereocenters. The van der Waals surface area contributed by atoms with Gasteiger partial charge in [-0.25, -0.2) is 0 Å². The second-order valence-electron chi connectivity index (χ2n) is 5.73. The van der Waals surface area contributed by atoms with E-state index in [9.17, 15) is 9.59 Å². The van der Waals surface area contributed by atoms with Crippen molar-refractivity contribution in [2.24, 2.45) is 0 Å². The predicted octanol–water partition coefficient (Wildman–Crippen LogP) is 2.70. The smallest absolute Gasteiger partial charge is 0.255 e. The van der Waals surface area contributed by atoms with Crippen LogP contribution in [0, 0.1) is 0 Å². The van der Waals surface area contributed by atoms with Crippen LogP contribution in [0.3, 0.4) is 0 Å². The molecular formula is C17H18BrN3O4. The number of ether oxygens (including phenoxy) is 1. The van der Waals surface area contributed by atoms with E-state index in [4.69, 9.17) is 4.74 Å². The normalized spacial score (nSPS) is 16.6. The maximum absolute atomic E-state index is 12.9. The first kappa shape index (κ1) is 17.6. The zero-order valence-electron chi connectivity index (χ0n) is 13.5. The minimum atomic E-state index is -0.340. The van der Waals surface area contributed by atoms with Gasteiger partial charge >= 0.3 is 0 Å². The van der Waals surface area contributed by atoms with Crippen molar-refractivity contribution >= 4 is 33.6 Å². The minimum Gasteiger partial charge on any atom is -0.376 e. The highest BCUT2D eigenvalue weighted by molar-refractivity contribution is 9.10. The average molecular weight is 408 g/mol. The van der Waals surface area contributed by atoms with Gasteiger partial charge in [-0.05, 0) is 40.9 Å². The Balaban J connectivity index is 1.73. The monoisotopic (exact) mass is 407 g/mol. The zero-order chi connectivity index (χ0) is 17.6. The van der Waals surface area contributed by atoms with E-state index in [1.54, 1.807) is 18.2 Å². The Morgan fingerprint density at radius 1 is 1.32 bits per heavy atom. The van der Waals surface area contributed by atoms with E-state index in [-0.39, 0.29) is 24.5 Å². The zero-order valence-corrected chi connectivity index (χ0v) is 15.1. The van der Waals surface area contributed by atoms with Crippen molar-refractivity contribution in [2.45, 2.75) is 18.9 Å². The third-order valence-electron chi connectivity index (χ3n) is 3.88. The number of carbonyl (C=O) groups excluding carboxylic acids is 2. The quantitative estimate of drug-likeness (QED) is 0.795. The molecule has 1 N–H and O–H groups in total. The Kier molecular flexibility index (Phi) is 5.83. The first-order valence-corrected chi connectivity index (χ1v) is 8.78. The Bertz CT molecular complexity index is 729. The van der Waals surface area contributed by atoms with Crippen molar-refractivity contribution in [3.63, 3.8) is 0 Å². The molecule has 132 valence electrons. The molecule has 8 heteroatoms. The topological polar surface area (TPSA) is 84.7 Å². The highest BCUT2D eigenvalue weighted by Crippen LogP contribution is 2.20. The lowest BCUT2D eigenvalue weighted by Gasteiger charge is -2.25. The van der Waals surface area contributed by atoms with Gasteiger partial charge < -0.3 is 19.5 Å². The second kappa shape index (κ2) is 8.26. The summed E-state index contributed by atoms with van der Waals surface area (Å²) in [6.07, 6.45) is 3.16. The van der Waals surface area contributed by atoms with Gasteiger partial charge in [-0.15, -0.1) is 0 Å². The molecule has 0 spiro atoms. The second-order valence-corrected chi connectivity index (χ2v) is 6.59. The molecule has 1 aliphatic rings. The van der Waals surface area contributed by atoms with Gasteiger partial charge in [0.1, 0.15) is 12.8 Å². The van der Waals surface area contributed by atoms with E-state index in [1.807, 2.05) is 6.07 Å². The van der Waals surface area contributed by atoms with Crippen molar-refractivity contribution in [2.75, 3.05) is 25.0 Å². The largest absolute Gasteiger partial charge is 0.376 e. The molecule has 1 atom stereocenters. The van der Waals surface area contributed by atoms with Crippen LogP contribution in [0.1, 0.15) is 23.2 Å². The standard InChI is InChI=1S/C17H18BrN3O4/c18-14-6-2-1-5-13(14)17(23)21(10-12-4-3-8-24-12)11-16(22)19-15-7-9-25-20-15/h1-2,5-7,9,12H,3-4,8,10-11H2,(H,19,20,22). The number of rotatable bonds is 6. The van der Waals surface area contributed by atoms with Gasteiger partial charge in [0.2, 0.25) is 5.91 Å². The molecule has 0 saturated carbocycles. The first-order chi connectivity index (χ1) is 12.1. The van der Waals surface area contributed by atoms with Crippen molar-refractivity contribution in [3.05, 3.63) is 46.6 Å². The van der Waals surface area contributed by atoms with Gasteiger partial charge in [0.25, 0.3) is 5.91 Å². The average Bonchev–Trinajstić information content (AvgIpc) is 3.28. The van der Waals surface area contributed by atoms with Gasteiger partial charge in [-0.3, -0.25) is 9.59 Å². The SMILES string of the molecule is O=C(CN(CC1CCCO1)C(=O)c1ccccc1Br)Nc1ccon1. The van der Waals surface area contributed by atoms with Crippen LogP contribution in [0.25, 0.3) is 0 Å². The molecule has 1 saturated heterocycles. The van der Waals surface area contributed by atoms with Crippen LogP contribution in [-0.2, 0) is 9.53 Å². The highest BCUT2D eigenvalue weighted by Gasteiger charge is 2.26. The summed E-state index contributed by atoms with van der Waals surface area (Å²) < 4.78 is 11.0. The van der Waals surface area contributed by atoms with Crippen LogP contribution < -0.4 is 5.32 Å². The van der Waals surface area contributed by atoms with E-state index in [0.29, 0.717) is 29.0 Å². The van der Waals surface area contributed by atoms with E-state index in [0.717, 1.165) is 12.8 Å². The predicted molar refractivity (Wildman–Crippen MR) is 94.2 cm³/mol. The number of halogens is 1. The highest BCUT2D eigenvalue weighted by atomic mass is 79.9. The Labute approximate surface area is 153 Å². The third kappa shape index (κ3) is 4.67.